The van der Waals surface area contributed by atoms with Crippen LogP contribution in [0.25, 0.3) is 0 Å². The minimum atomic E-state index is -0.840. The molecule has 0 bridgehead atoms. The molecule has 0 unspecified atom stereocenters. The molecule has 2 heterocycles. The molecule has 0 saturated heterocycles. The Bertz CT molecular complexity index is 640. The van der Waals surface area contributed by atoms with E-state index in [-0.39, 0.29) is 11.2 Å². The molecule has 0 aliphatic heterocycles. The fraction of sp³-hybridized carbons (Fsp3) is 0.500. The molecule has 21 heavy (non-hydrogen) atoms. The Morgan fingerprint density at radius 1 is 1.38 bits per heavy atom. The van der Waals surface area contributed by atoms with Crippen molar-refractivity contribution in [1.82, 2.24) is 19.3 Å². The summed E-state index contributed by atoms with van der Waals surface area (Å²) in [5.74, 6) is -0.832. The van der Waals surface area contributed by atoms with E-state index in [1.807, 2.05) is 25.6 Å². The molecule has 0 fully saturated rings. The van der Waals surface area contributed by atoms with Crippen LogP contribution in [0.5, 0.6) is 0 Å². The first-order chi connectivity index (χ1) is 9.77. The summed E-state index contributed by atoms with van der Waals surface area (Å²) in [6.07, 6.45) is 5.61. The third-order valence-electron chi connectivity index (χ3n) is 3.01. The largest absolute Gasteiger partial charge is 0.481 e. The Morgan fingerprint density at radius 2 is 2.10 bits per heavy atom. The summed E-state index contributed by atoms with van der Waals surface area (Å²) in [5.41, 5.74) is 2.09. The van der Waals surface area contributed by atoms with Gasteiger partial charge in [0.2, 0.25) is 0 Å². The van der Waals surface area contributed by atoms with Gasteiger partial charge in [0.25, 0.3) is 0 Å². The highest BCUT2D eigenvalue weighted by Crippen LogP contribution is 2.28. The number of aryl methyl sites for hydroxylation is 1. The molecule has 0 aliphatic rings. The summed E-state index contributed by atoms with van der Waals surface area (Å²) in [6.45, 7) is 7.00. The normalized spacial score (nSPS) is 11.8. The molecule has 0 saturated carbocycles. The molecule has 2 rings (SSSR count). The molecule has 7 heteroatoms. The number of imidazole rings is 1. The van der Waals surface area contributed by atoms with Crippen LogP contribution in [0.1, 0.15) is 32.0 Å². The number of hydrogen-bond donors (Lipinski definition) is 1. The van der Waals surface area contributed by atoms with Crippen LogP contribution in [-0.2, 0) is 23.8 Å². The first-order valence-corrected chi connectivity index (χ1v) is 7.64. The van der Waals surface area contributed by atoms with Gasteiger partial charge in [-0.25, -0.2) is 4.98 Å². The first-order valence-electron chi connectivity index (χ1n) is 6.65. The Balaban J connectivity index is 2.33. The summed E-state index contributed by atoms with van der Waals surface area (Å²) in [5, 5.41) is 13.8. The highest BCUT2D eigenvalue weighted by Gasteiger charge is 2.22. The Kier molecular flexibility index (Phi) is 4.41. The SMILES string of the molecule is Cn1cc(Cn2c(C(C)(C)C)cnc2SCC(=O)O)cn1. The Morgan fingerprint density at radius 3 is 2.62 bits per heavy atom. The summed E-state index contributed by atoms with van der Waals surface area (Å²) >= 11 is 1.24. The second kappa shape index (κ2) is 5.93. The van der Waals surface area contributed by atoms with Gasteiger partial charge in [-0.05, 0) is 0 Å². The third-order valence-corrected chi connectivity index (χ3v) is 3.99. The fourth-order valence-electron chi connectivity index (χ4n) is 2.09. The number of aromatic nitrogens is 4. The smallest absolute Gasteiger partial charge is 0.313 e. The maximum absolute atomic E-state index is 10.8. The van der Waals surface area contributed by atoms with Crippen LogP contribution < -0.4 is 0 Å². The molecule has 2 aromatic rings. The van der Waals surface area contributed by atoms with Gasteiger partial charge in [-0.2, -0.15) is 5.10 Å². The average Bonchev–Trinajstić information content (AvgIpc) is 2.93. The highest BCUT2D eigenvalue weighted by atomic mass is 32.2. The number of carboxylic acid groups (broad SMARTS) is 1. The van der Waals surface area contributed by atoms with Crippen molar-refractivity contribution in [2.24, 2.45) is 7.05 Å². The number of aliphatic carboxylic acids is 1. The van der Waals surface area contributed by atoms with Gasteiger partial charge in [-0.15, -0.1) is 0 Å². The number of thioether (sulfide) groups is 1. The van der Waals surface area contributed by atoms with Crippen molar-refractivity contribution in [3.05, 3.63) is 29.8 Å². The summed E-state index contributed by atoms with van der Waals surface area (Å²) < 4.78 is 3.83. The second-order valence-corrected chi connectivity index (χ2v) is 6.91. The molecule has 6 nitrogen and oxygen atoms in total. The number of nitrogens with zero attached hydrogens (tertiary/aromatic N) is 4. The molecule has 0 aromatic carbocycles. The topological polar surface area (TPSA) is 72.9 Å². The predicted octanol–water partition coefficient (Wildman–Crippen LogP) is 2.14. The standard InChI is InChI=1S/C14H20N4O2S/c1-14(2,3)11-6-15-13(21-9-12(19)20)18(11)8-10-5-16-17(4)7-10/h5-7H,8-9H2,1-4H3,(H,19,20). The van der Waals surface area contributed by atoms with Crippen LogP contribution in [0.2, 0.25) is 0 Å². The number of rotatable bonds is 5. The van der Waals surface area contributed by atoms with Crippen molar-refractivity contribution in [1.29, 1.82) is 0 Å². The van der Waals surface area contributed by atoms with Crippen molar-refractivity contribution >= 4 is 17.7 Å². The maximum Gasteiger partial charge on any atom is 0.313 e. The van der Waals surface area contributed by atoms with Crippen LogP contribution in [-0.4, -0.2) is 36.2 Å². The lowest BCUT2D eigenvalue weighted by Crippen LogP contribution is -2.18. The zero-order valence-electron chi connectivity index (χ0n) is 12.7. The van der Waals surface area contributed by atoms with Crippen LogP contribution in [0.15, 0.2) is 23.7 Å². The van der Waals surface area contributed by atoms with Gasteiger partial charge in [0.05, 0.1) is 18.5 Å². The lowest BCUT2D eigenvalue weighted by Gasteiger charge is -2.21. The van der Waals surface area contributed by atoms with Gasteiger partial charge < -0.3 is 9.67 Å². The molecule has 2 aromatic heterocycles. The van der Waals surface area contributed by atoms with E-state index < -0.39 is 5.97 Å². The molecular formula is C14H20N4O2S. The summed E-state index contributed by atoms with van der Waals surface area (Å²) in [6, 6.07) is 0. The lowest BCUT2D eigenvalue weighted by atomic mass is 9.92. The third kappa shape index (κ3) is 3.87. The predicted molar refractivity (Wildman–Crippen MR) is 81.6 cm³/mol. The average molecular weight is 308 g/mol. The van der Waals surface area contributed by atoms with Crippen LogP contribution in [0, 0.1) is 0 Å². The number of carbonyl (C=O) groups is 1. The monoisotopic (exact) mass is 308 g/mol. The molecular weight excluding hydrogens is 288 g/mol. The minimum Gasteiger partial charge on any atom is -0.481 e. The van der Waals surface area contributed by atoms with E-state index in [4.69, 9.17) is 5.11 Å². The number of carboxylic acids is 1. The van der Waals surface area contributed by atoms with E-state index in [0.29, 0.717) is 6.54 Å². The van der Waals surface area contributed by atoms with Gasteiger partial charge in [0, 0.05) is 36.1 Å². The van der Waals surface area contributed by atoms with Crippen LogP contribution >= 0.6 is 11.8 Å². The Labute approximate surface area is 128 Å². The molecule has 0 spiro atoms. The Hall–Kier alpha value is -1.76. The zero-order valence-corrected chi connectivity index (χ0v) is 13.5. The number of hydrogen-bond acceptors (Lipinski definition) is 4. The summed E-state index contributed by atoms with van der Waals surface area (Å²) in [7, 11) is 1.88. The summed E-state index contributed by atoms with van der Waals surface area (Å²) in [4.78, 5) is 15.2. The van der Waals surface area contributed by atoms with Crippen molar-refractivity contribution in [3.63, 3.8) is 0 Å². The van der Waals surface area contributed by atoms with Crippen molar-refractivity contribution in [2.45, 2.75) is 37.9 Å². The first kappa shape index (κ1) is 15.6. The van der Waals surface area contributed by atoms with E-state index in [1.54, 1.807) is 4.68 Å². The highest BCUT2D eigenvalue weighted by molar-refractivity contribution is 7.99. The molecule has 1 N–H and O–H groups in total. The van der Waals surface area contributed by atoms with Gasteiger partial charge in [-0.1, -0.05) is 32.5 Å². The lowest BCUT2D eigenvalue weighted by molar-refractivity contribution is -0.133. The van der Waals surface area contributed by atoms with Crippen molar-refractivity contribution < 1.29 is 9.90 Å². The van der Waals surface area contributed by atoms with E-state index in [2.05, 4.69) is 35.4 Å². The van der Waals surface area contributed by atoms with E-state index >= 15 is 0 Å². The molecule has 0 radical (unpaired) electrons. The van der Waals surface area contributed by atoms with Gasteiger partial charge in [0.1, 0.15) is 0 Å². The fourth-order valence-corrected chi connectivity index (χ4v) is 2.79. The minimum absolute atomic E-state index is 0.00758. The van der Waals surface area contributed by atoms with Crippen molar-refractivity contribution in [2.75, 3.05) is 5.75 Å². The molecule has 0 atom stereocenters. The van der Waals surface area contributed by atoms with Crippen LogP contribution in [0.3, 0.4) is 0 Å². The zero-order chi connectivity index (χ0) is 15.6. The molecule has 0 aliphatic carbocycles. The van der Waals surface area contributed by atoms with Crippen molar-refractivity contribution in [3.8, 4) is 0 Å². The second-order valence-electron chi connectivity index (χ2n) is 5.97. The van der Waals surface area contributed by atoms with Crippen LogP contribution in [0.4, 0.5) is 0 Å². The molecule has 0 amide bonds. The quantitative estimate of drug-likeness (QED) is 0.857. The van der Waals surface area contributed by atoms with E-state index in [0.717, 1.165) is 16.4 Å². The van der Waals surface area contributed by atoms with Gasteiger partial charge in [0.15, 0.2) is 5.16 Å². The van der Waals surface area contributed by atoms with E-state index in [1.165, 1.54) is 11.8 Å². The van der Waals surface area contributed by atoms with E-state index in [9.17, 15) is 4.79 Å². The van der Waals surface area contributed by atoms with Gasteiger partial charge >= 0.3 is 5.97 Å². The molecule has 114 valence electrons. The van der Waals surface area contributed by atoms with Gasteiger partial charge in [-0.3, -0.25) is 9.48 Å². The maximum atomic E-state index is 10.8.